The zero-order valence-electron chi connectivity index (χ0n) is 20.9. The fourth-order valence-corrected chi connectivity index (χ4v) is 5.14. The summed E-state index contributed by atoms with van der Waals surface area (Å²) in [6.07, 6.45) is -0.0284. The van der Waals surface area contributed by atoms with Crippen molar-refractivity contribution in [3.8, 4) is 11.1 Å². The van der Waals surface area contributed by atoms with Crippen molar-refractivity contribution >= 4 is 33.4 Å². The van der Waals surface area contributed by atoms with Crippen LogP contribution in [0.1, 0.15) is 15.9 Å². The fourth-order valence-electron chi connectivity index (χ4n) is 3.94. The van der Waals surface area contributed by atoms with Crippen LogP contribution in [0.3, 0.4) is 0 Å². The molecule has 0 spiro atoms. The van der Waals surface area contributed by atoms with E-state index in [1.54, 1.807) is 48.2 Å². The van der Waals surface area contributed by atoms with Crippen molar-refractivity contribution in [2.75, 3.05) is 29.5 Å². The van der Waals surface area contributed by atoms with E-state index in [2.05, 4.69) is 4.98 Å². The molecule has 2 N–H and O–H groups in total. The number of hydrogen-bond acceptors (Lipinski definition) is 6. The van der Waals surface area contributed by atoms with Gasteiger partial charge in [0, 0.05) is 42.3 Å². The van der Waals surface area contributed by atoms with E-state index in [1.807, 2.05) is 6.07 Å². The van der Waals surface area contributed by atoms with Gasteiger partial charge in [0.25, 0.3) is 5.91 Å². The Morgan fingerprint density at radius 1 is 0.975 bits per heavy atom. The largest absolute Gasteiger partial charge is 0.324 e. The number of nitrogens with one attached hydrogen (secondary N) is 2. The lowest BCUT2D eigenvalue weighted by atomic mass is 10.1. The van der Waals surface area contributed by atoms with E-state index >= 15 is 4.39 Å². The average molecular weight is 576 g/mol. The third kappa shape index (κ3) is 6.94. The molecule has 2 aromatic carbocycles. The van der Waals surface area contributed by atoms with Crippen molar-refractivity contribution in [1.29, 1.82) is 0 Å². The highest BCUT2D eigenvalue weighted by Crippen LogP contribution is 2.26. The predicted molar refractivity (Wildman–Crippen MR) is 139 cm³/mol. The molecular formula is C26H24F3N5O5S. The molecule has 1 fully saturated rings. The normalized spacial score (nSPS) is 14.4. The number of sulfone groups is 1. The minimum Gasteiger partial charge on any atom is -0.322 e. The summed E-state index contributed by atoms with van der Waals surface area (Å²) in [5.41, 5.74) is 5.16. The first-order valence-electron chi connectivity index (χ1n) is 12.0. The molecule has 4 amide bonds. The number of carbonyl (C=O) groups excluding carboxylic acids is 3. The van der Waals surface area contributed by atoms with Crippen LogP contribution in [0.5, 0.6) is 0 Å². The number of aromatic nitrogens is 1. The lowest BCUT2D eigenvalue weighted by Crippen LogP contribution is -2.49. The molecule has 0 atom stereocenters. The molecule has 1 aliphatic rings. The molecule has 40 heavy (non-hydrogen) atoms. The first-order valence-corrected chi connectivity index (χ1v) is 13.8. The Hall–Kier alpha value is -4.46. The Labute approximate surface area is 227 Å². The molecule has 10 nitrogen and oxygen atoms in total. The highest BCUT2D eigenvalue weighted by Gasteiger charge is 2.29. The number of pyridine rings is 1. The molecule has 3 aromatic rings. The van der Waals surface area contributed by atoms with Gasteiger partial charge in [0.2, 0.25) is 0 Å². The second kappa shape index (κ2) is 12.2. The number of hydrogen-bond donors (Lipinski definition) is 2. The maximum absolute atomic E-state index is 15.1. The topological polar surface area (TPSA) is 129 Å². The molecule has 0 aliphatic carbocycles. The third-order valence-corrected chi connectivity index (χ3v) is 7.77. The van der Waals surface area contributed by atoms with Gasteiger partial charge in [0.1, 0.15) is 5.82 Å². The molecule has 4 rings (SSSR count). The van der Waals surface area contributed by atoms with Crippen molar-refractivity contribution in [3.05, 3.63) is 83.9 Å². The summed E-state index contributed by atoms with van der Waals surface area (Å²) >= 11 is 0. The molecular weight excluding hydrogens is 551 g/mol. The van der Waals surface area contributed by atoms with E-state index in [0.29, 0.717) is 5.69 Å². The smallest absolute Gasteiger partial charge is 0.322 e. The number of halogens is 3. The molecule has 1 saturated heterocycles. The summed E-state index contributed by atoms with van der Waals surface area (Å²) in [5, 5.41) is 0. The Morgan fingerprint density at radius 2 is 1.68 bits per heavy atom. The zero-order valence-corrected chi connectivity index (χ0v) is 21.7. The Morgan fingerprint density at radius 3 is 2.27 bits per heavy atom. The van der Waals surface area contributed by atoms with E-state index in [4.69, 9.17) is 0 Å². The quantitative estimate of drug-likeness (QED) is 0.435. The van der Waals surface area contributed by atoms with E-state index in [-0.39, 0.29) is 42.3 Å². The minimum absolute atomic E-state index is 0.0165. The minimum atomic E-state index is -3.35. The number of urea groups is 1. The van der Waals surface area contributed by atoms with Gasteiger partial charge in [0.15, 0.2) is 9.84 Å². The molecule has 1 aromatic heterocycles. The molecule has 14 heteroatoms. The van der Waals surface area contributed by atoms with Crippen LogP contribution in [0.25, 0.3) is 11.1 Å². The van der Waals surface area contributed by atoms with E-state index < -0.39 is 39.9 Å². The fraction of sp³-hybridized carbons (Fsp3) is 0.231. The summed E-state index contributed by atoms with van der Waals surface area (Å²) in [7, 11) is -3.25. The summed E-state index contributed by atoms with van der Waals surface area (Å²) in [4.78, 5) is 43.4. The van der Waals surface area contributed by atoms with Crippen LogP contribution in [0, 0.1) is 5.82 Å². The van der Waals surface area contributed by atoms with Crippen molar-refractivity contribution < 1.29 is 36.0 Å². The second-order valence-corrected chi connectivity index (χ2v) is 11.2. The lowest BCUT2D eigenvalue weighted by Gasteiger charge is -2.33. The van der Waals surface area contributed by atoms with Crippen LogP contribution < -0.4 is 15.8 Å². The molecule has 0 radical (unpaired) electrons. The second-order valence-electron chi connectivity index (χ2n) is 8.85. The number of nitrogens with zero attached hydrogens (tertiary/aromatic N) is 3. The number of rotatable bonds is 6. The summed E-state index contributed by atoms with van der Waals surface area (Å²) in [6, 6.07) is 13.3. The van der Waals surface area contributed by atoms with Gasteiger partial charge in [-0.25, -0.2) is 17.6 Å². The standard InChI is InChI=1S/C26H24F3N5O5S/c27-22-14-18(24(35)31-32-25(36)23(28)29)3-4-20(22)16-34(26(37)33-10-12-40(38,39)13-11-33)21-7-5-17(6-8-21)19-2-1-9-30-15-19/h1-9,14-15,23H,10-13,16H2,(H,31,35)(H,32,36). The Kier molecular flexibility index (Phi) is 8.67. The number of hydrazine groups is 1. The molecule has 0 unspecified atom stereocenters. The van der Waals surface area contributed by atoms with Gasteiger partial charge in [-0.1, -0.05) is 24.3 Å². The number of alkyl halides is 2. The van der Waals surface area contributed by atoms with Crippen molar-refractivity contribution in [2.45, 2.75) is 13.0 Å². The number of benzene rings is 2. The average Bonchev–Trinajstić information content (AvgIpc) is 2.95. The summed E-state index contributed by atoms with van der Waals surface area (Å²) in [5.74, 6) is -3.98. The van der Waals surface area contributed by atoms with Gasteiger partial charge < -0.3 is 4.90 Å². The van der Waals surface area contributed by atoms with Crippen LogP contribution >= 0.6 is 0 Å². The number of carbonyl (C=O) groups is 3. The van der Waals surface area contributed by atoms with Gasteiger partial charge >= 0.3 is 18.4 Å². The van der Waals surface area contributed by atoms with Gasteiger partial charge in [0.05, 0.1) is 18.1 Å². The van der Waals surface area contributed by atoms with Crippen LogP contribution in [-0.2, 0) is 21.2 Å². The molecule has 0 bridgehead atoms. The summed E-state index contributed by atoms with van der Waals surface area (Å²) in [6.45, 7) is -0.293. The van der Waals surface area contributed by atoms with Crippen molar-refractivity contribution in [1.82, 2.24) is 20.7 Å². The van der Waals surface area contributed by atoms with E-state index in [1.165, 1.54) is 27.4 Å². The van der Waals surface area contributed by atoms with Gasteiger partial charge in [-0.2, -0.15) is 8.78 Å². The van der Waals surface area contributed by atoms with Crippen LogP contribution in [-0.4, -0.2) is 67.2 Å². The predicted octanol–water partition coefficient (Wildman–Crippen LogP) is 2.77. The van der Waals surface area contributed by atoms with Gasteiger partial charge in [-0.05, 0) is 41.5 Å². The van der Waals surface area contributed by atoms with Gasteiger partial charge in [-0.3, -0.25) is 30.3 Å². The number of anilines is 1. The maximum atomic E-state index is 15.1. The highest BCUT2D eigenvalue weighted by atomic mass is 32.2. The molecule has 2 heterocycles. The van der Waals surface area contributed by atoms with Crippen molar-refractivity contribution in [2.24, 2.45) is 0 Å². The number of amides is 4. The van der Waals surface area contributed by atoms with Crippen LogP contribution in [0.15, 0.2) is 67.0 Å². The Balaban J connectivity index is 1.58. The summed E-state index contributed by atoms with van der Waals surface area (Å²) < 4.78 is 63.5. The Bertz CT molecular complexity index is 1490. The van der Waals surface area contributed by atoms with E-state index in [0.717, 1.165) is 17.2 Å². The third-order valence-electron chi connectivity index (χ3n) is 6.16. The molecule has 0 saturated carbocycles. The first kappa shape index (κ1) is 28.5. The SMILES string of the molecule is O=C(NNC(=O)C(F)F)c1ccc(CN(C(=O)N2CCS(=O)(=O)CC2)c2ccc(-c3cccnc3)cc2)c(F)c1. The van der Waals surface area contributed by atoms with E-state index in [9.17, 15) is 31.6 Å². The lowest BCUT2D eigenvalue weighted by molar-refractivity contribution is -0.132. The van der Waals surface area contributed by atoms with Gasteiger partial charge in [-0.15, -0.1) is 0 Å². The maximum Gasteiger partial charge on any atom is 0.324 e. The first-order chi connectivity index (χ1) is 19.0. The van der Waals surface area contributed by atoms with Crippen LogP contribution in [0.4, 0.5) is 23.7 Å². The molecule has 1 aliphatic heterocycles. The van der Waals surface area contributed by atoms with Crippen LogP contribution in [0.2, 0.25) is 0 Å². The monoisotopic (exact) mass is 575 g/mol. The van der Waals surface area contributed by atoms with Crippen molar-refractivity contribution in [3.63, 3.8) is 0 Å². The zero-order chi connectivity index (χ0) is 28.9. The highest BCUT2D eigenvalue weighted by molar-refractivity contribution is 7.91. The molecule has 210 valence electrons.